The number of nitrogens with zero attached hydrogens (tertiary/aromatic N) is 1. The minimum atomic E-state index is 0.491. The molecule has 0 radical (unpaired) electrons. The van der Waals surface area contributed by atoms with E-state index in [1.807, 2.05) is 30.5 Å². The van der Waals surface area contributed by atoms with Crippen molar-refractivity contribution in [3.05, 3.63) is 39.8 Å². The van der Waals surface area contributed by atoms with Crippen LogP contribution in [0.4, 0.5) is 0 Å². The van der Waals surface area contributed by atoms with E-state index in [1.54, 1.807) is 18.4 Å². The maximum atomic E-state index is 5.90. The zero-order chi connectivity index (χ0) is 14.4. The van der Waals surface area contributed by atoms with E-state index in [-0.39, 0.29) is 0 Å². The van der Waals surface area contributed by atoms with Crippen molar-refractivity contribution in [2.75, 3.05) is 13.7 Å². The Bertz CT molecular complexity index is 555. The fourth-order valence-corrected chi connectivity index (χ4v) is 2.49. The van der Waals surface area contributed by atoms with E-state index in [0.29, 0.717) is 6.61 Å². The van der Waals surface area contributed by atoms with E-state index in [9.17, 15) is 0 Å². The predicted molar refractivity (Wildman–Crippen MR) is 81.6 cm³/mol. The summed E-state index contributed by atoms with van der Waals surface area (Å²) in [5.74, 6) is 1.65. The van der Waals surface area contributed by atoms with Gasteiger partial charge in [0.25, 0.3) is 0 Å². The SMILES string of the molecule is CCNCc1ccc(OC)cc1OCc1nc(C)cs1. The van der Waals surface area contributed by atoms with E-state index in [4.69, 9.17) is 9.47 Å². The van der Waals surface area contributed by atoms with Gasteiger partial charge in [0.05, 0.1) is 7.11 Å². The van der Waals surface area contributed by atoms with E-state index in [2.05, 4.69) is 17.2 Å². The number of methoxy groups -OCH3 is 1. The Morgan fingerprint density at radius 1 is 1.35 bits per heavy atom. The summed E-state index contributed by atoms with van der Waals surface area (Å²) >= 11 is 1.62. The van der Waals surface area contributed by atoms with E-state index < -0.39 is 0 Å². The molecule has 0 amide bonds. The van der Waals surface area contributed by atoms with Crippen LogP contribution >= 0.6 is 11.3 Å². The Kier molecular flexibility index (Phi) is 5.38. The summed E-state index contributed by atoms with van der Waals surface area (Å²) in [6, 6.07) is 5.91. The lowest BCUT2D eigenvalue weighted by Gasteiger charge is -2.12. The van der Waals surface area contributed by atoms with Crippen LogP contribution in [0.3, 0.4) is 0 Å². The van der Waals surface area contributed by atoms with Crippen molar-refractivity contribution in [3.8, 4) is 11.5 Å². The highest BCUT2D eigenvalue weighted by atomic mass is 32.1. The van der Waals surface area contributed by atoms with E-state index in [0.717, 1.165) is 40.9 Å². The number of aryl methyl sites for hydroxylation is 1. The largest absolute Gasteiger partial charge is 0.497 e. The molecule has 0 aliphatic carbocycles. The number of hydrogen-bond donors (Lipinski definition) is 1. The van der Waals surface area contributed by atoms with Crippen LogP contribution in [0, 0.1) is 6.92 Å². The predicted octanol–water partition coefficient (Wildman–Crippen LogP) is 3.15. The molecule has 0 saturated heterocycles. The van der Waals surface area contributed by atoms with Crippen LogP contribution in [0.25, 0.3) is 0 Å². The zero-order valence-electron chi connectivity index (χ0n) is 12.1. The Balaban J connectivity index is 2.10. The van der Waals surface area contributed by atoms with Crippen molar-refractivity contribution >= 4 is 11.3 Å². The molecule has 0 aliphatic heterocycles. The second kappa shape index (κ2) is 7.26. The van der Waals surface area contributed by atoms with Gasteiger partial charge < -0.3 is 14.8 Å². The third-order valence-electron chi connectivity index (χ3n) is 2.86. The molecule has 1 heterocycles. The minimum absolute atomic E-state index is 0.491. The smallest absolute Gasteiger partial charge is 0.140 e. The van der Waals surface area contributed by atoms with Crippen molar-refractivity contribution in [2.24, 2.45) is 0 Å². The van der Waals surface area contributed by atoms with Crippen LogP contribution in [0.15, 0.2) is 23.6 Å². The van der Waals surface area contributed by atoms with Gasteiger partial charge in [-0.25, -0.2) is 4.98 Å². The number of ether oxygens (including phenoxy) is 2. The lowest BCUT2D eigenvalue weighted by Crippen LogP contribution is -2.13. The van der Waals surface area contributed by atoms with Crippen molar-refractivity contribution in [1.82, 2.24) is 10.3 Å². The van der Waals surface area contributed by atoms with Crippen LogP contribution < -0.4 is 14.8 Å². The molecule has 0 aliphatic rings. The van der Waals surface area contributed by atoms with Gasteiger partial charge in [0, 0.05) is 29.2 Å². The Morgan fingerprint density at radius 3 is 2.85 bits per heavy atom. The molecule has 0 saturated carbocycles. The molecule has 1 N–H and O–H groups in total. The normalized spacial score (nSPS) is 10.6. The molecular weight excluding hydrogens is 272 g/mol. The average molecular weight is 292 g/mol. The Morgan fingerprint density at radius 2 is 2.20 bits per heavy atom. The molecule has 108 valence electrons. The standard InChI is InChI=1S/C15H20N2O2S/c1-4-16-8-12-5-6-13(18-3)7-14(12)19-9-15-17-11(2)10-20-15/h5-7,10,16H,4,8-9H2,1-3H3. The highest BCUT2D eigenvalue weighted by Crippen LogP contribution is 2.26. The van der Waals surface area contributed by atoms with Crippen LogP contribution in [0.1, 0.15) is 23.2 Å². The third-order valence-corrected chi connectivity index (χ3v) is 3.80. The number of thiazole rings is 1. The molecule has 0 atom stereocenters. The maximum Gasteiger partial charge on any atom is 0.140 e. The summed E-state index contributed by atoms with van der Waals surface area (Å²) in [6.45, 7) is 6.28. The summed E-state index contributed by atoms with van der Waals surface area (Å²) in [7, 11) is 1.66. The topological polar surface area (TPSA) is 43.4 Å². The first kappa shape index (κ1) is 14.8. The van der Waals surface area contributed by atoms with Gasteiger partial charge in [-0.2, -0.15) is 0 Å². The molecule has 5 heteroatoms. The summed E-state index contributed by atoms with van der Waals surface area (Å²) in [4.78, 5) is 4.41. The van der Waals surface area contributed by atoms with Gasteiger partial charge in [-0.15, -0.1) is 11.3 Å². The molecule has 20 heavy (non-hydrogen) atoms. The number of rotatable bonds is 7. The molecule has 0 unspecified atom stereocenters. The van der Waals surface area contributed by atoms with E-state index in [1.165, 1.54) is 0 Å². The first-order valence-corrected chi connectivity index (χ1v) is 7.52. The lowest BCUT2D eigenvalue weighted by atomic mass is 10.2. The highest BCUT2D eigenvalue weighted by molar-refractivity contribution is 7.09. The van der Waals surface area contributed by atoms with Gasteiger partial charge in [-0.1, -0.05) is 13.0 Å². The molecule has 2 rings (SSSR count). The van der Waals surface area contributed by atoms with Gasteiger partial charge in [-0.3, -0.25) is 0 Å². The fourth-order valence-electron chi connectivity index (χ4n) is 1.81. The van der Waals surface area contributed by atoms with Crippen molar-refractivity contribution in [2.45, 2.75) is 27.0 Å². The minimum Gasteiger partial charge on any atom is -0.497 e. The number of aromatic nitrogens is 1. The van der Waals surface area contributed by atoms with Crippen molar-refractivity contribution < 1.29 is 9.47 Å². The van der Waals surface area contributed by atoms with Gasteiger partial charge >= 0.3 is 0 Å². The molecular formula is C15H20N2O2S. The Labute approximate surface area is 123 Å². The summed E-state index contributed by atoms with van der Waals surface area (Å²) in [5, 5.41) is 6.33. The number of benzene rings is 1. The van der Waals surface area contributed by atoms with Crippen LogP contribution in [-0.4, -0.2) is 18.6 Å². The summed E-state index contributed by atoms with van der Waals surface area (Å²) in [6.07, 6.45) is 0. The van der Waals surface area contributed by atoms with Crippen LogP contribution in [-0.2, 0) is 13.2 Å². The fraction of sp³-hybridized carbons (Fsp3) is 0.400. The lowest BCUT2D eigenvalue weighted by molar-refractivity contribution is 0.299. The summed E-state index contributed by atoms with van der Waals surface area (Å²) in [5.41, 5.74) is 2.16. The zero-order valence-corrected chi connectivity index (χ0v) is 12.9. The average Bonchev–Trinajstić information content (AvgIpc) is 2.89. The van der Waals surface area contributed by atoms with Gasteiger partial charge in [-0.05, 0) is 19.5 Å². The first-order valence-electron chi connectivity index (χ1n) is 6.64. The third kappa shape index (κ3) is 3.95. The van der Waals surface area contributed by atoms with Gasteiger partial charge in [0.2, 0.25) is 0 Å². The molecule has 0 spiro atoms. The van der Waals surface area contributed by atoms with E-state index >= 15 is 0 Å². The molecule has 0 fully saturated rings. The van der Waals surface area contributed by atoms with Crippen LogP contribution in [0.5, 0.6) is 11.5 Å². The quantitative estimate of drug-likeness (QED) is 0.851. The van der Waals surface area contributed by atoms with Crippen molar-refractivity contribution in [1.29, 1.82) is 0 Å². The molecule has 4 nitrogen and oxygen atoms in total. The number of hydrogen-bond acceptors (Lipinski definition) is 5. The first-order chi connectivity index (χ1) is 9.72. The summed E-state index contributed by atoms with van der Waals surface area (Å²) < 4.78 is 11.2. The molecule has 1 aromatic heterocycles. The highest BCUT2D eigenvalue weighted by Gasteiger charge is 2.07. The van der Waals surface area contributed by atoms with Gasteiger partial charge in [0.1, 0.15) is 23.1 Å². The maximum absolute atomic E-state index is 5.90. The molecule has 1 aromatic carbocycles. The number of nitrogens with one attached hydrogen (secondary N) is 1. The van der Waals surface area contributed by atoms with Gasteiger partial charge in [0.15, 0.2) is 0 Å². The second-order valence-electron chi connectivity index (χ2n) is 4.43. The van der Waals surface area contributed by atoms with Crippen molar-refractivity contribution in [3.63, 3.8) is 0 Å². The second-order valence-corrected chi connectivity index (χ2v) is 5.37. The Hall–Kier alpha value is -1.59. The molecule has 2 aromatic rings. The monoisotopic (exact) mass is 292 g/mol. The van der Waals surface area contributed by atoms with Crippen LogP contribution in [0.2, 0.25) is 0 Å². The molecule has 0 bridgehead atoms.